The lowest BCUT2D eigenvalue weighted by molar-refractivity contribution is -0.116. The fourth-order valence-corrected chi connectivity index (χ4v) is 4.80. The number of benzene rings is 2. The quantitative estimate of drug-likeness (QED) is 0.454. The van der Waals surface area contributed by atoms with E-state index in [0.717, 1.165) is 92.2 Å². The van der Waals surface area contributed by atoms with E-state index in [4.69, 9.17) is 14.5 Å². The first kappa shape index (κ1) is 26.9. The fraction of sp³-hybridized carbons (Fsp3) is 0.414. The van der Waals surface area contributed by atoms with Gasteiger partial charge in [0.25, 0.3) is 0 Å². The van der Waals surface area contributed by atoms with E-state index in [2.05, 4.69) is 43.6 Å². The summed E-state index contributed by atoms with van der Waals surface area (Å²) in [5, 5.41) is 6.38. The van der Waals surface area contributed by atoms with Crippen LogP contribution in [0.2, 0.25) is 0 Å². The van der Waals surface area contributed by atoms with Gasteiger partial charge in [-0.1, -0.05) is 12.1 Å². The number of aryl methyl sites for hydroxylation is 1. The highest BCUT2D eigenvalue weighted by atomic mass is 16.5. The zero-order chi connectivity index (χ0) is 27.2. The smallest absolute Gasteiger partial charge is 0.238 e. The second-order valence-corrected chi connectivity index (χ2v) is 10.2. The minimum Gasteiger partial charge on any atom is -0.378 e. The van der Waals surface area contributed by atoms with Crippen molar-refractivity contribution in [2.75, 3.05) is 93.7 Å². The van der Waals surface area contributed by atoms with Gasteiger partial charge in [-0.25, -0.2) is 9.97 Å². The van der Waals surface area contributed by atoms with Gasteiger partial charge in [0.2, 0.25) is 11.9 Å². The molecular formula is C29H37N7O3. The predicted molar refractivity (Wildman–Crippen MR) is 155 cm³/mol. The maximum atomic E-state index is 12.1. The molecule has 2 N–H and O–H groups in total. The molecule has 10 heteroatoms. The second-order valence-electron chi connectivity index (χ2n) is 10.2. The molecule has 0 saturated carbocycles. The van der Waals surface area contributed by atoms with E-state index in [-0.39, 0.29) is 5.91 Å². The van der Waals surface area contributed by atoms with Crippen LogP contribution in [-0.2, 0) is 14.3 Å². The van der Waals surface area contributed by atoms with Crippen LogP contribution in [0.5, 0.6) is 0 Å². The lowest BCUT2D eigenvalue weighted by Gasteiger charge is -2.33. The number of anilines is 5. The summed E-state index contributed by atoms with van der Waals surface area (Å²) < 4.78 is 11.1. The molecule has 2 aliphatic heterocycles. The van der Waals surface area contributed by atoms with Crippen LogP contribution in [0, 0.1) is 6.92 Å². The fourth-order valence-electron chi connectivity index (χ4n) is 4.80. The van der Waals surface area contributed by atoms with Gasteiger partial charge in [-0.2, -0.15) is 0 Å². The topological polar surface area (TPSA) is 95.1 Å². The van der Waals surface area contributed by atoms with E-state index in [1.807, 2.05) is 56.4 Å². The Hall–Kier alpha value is -3.73. The van der Waals surface area contributed by atoms with Gasteiger partial charge in [-0.05, 0) is 56.9 Å². The van der Waals surface area contributed by atoms with Crippen molar-refractivity contribution >= 4 is 34.6 Å². The van der Waals surface area contributed by atoms with E-state index in [1.165, 1.54) is 0 Å². The summed E-state index contributed by atoms with van der Waals surface area (Å²) in [7, 11) is 3.74. The maximum absolute atomic E-state index is 12.1. The lowest BCUT2D eigenvalue weighted by Crippen LogP contribution is -2.38. The second kappa shape index (κ2) is 12.4. The van der Waals surface area contributed by atoms with Crippen molar-refractivity contribution in [2.24, 2.45) is 0 Å². The molecule has 0 unspecified atom stereocenters. The van der Waals surface area contributed by atoms with Crippen molar-refractivity contribution in [1.29, 1.82) is 0 Å². The summed E-state index contributed by atoms with van der Waals surface area (Å²) in [6.45, 7) is 8.71. The van der Waals surface area contributed by atoms with Crippen molar-refractivity contribution < 1.29 is 14.3 Å². The van der Waals surface area contributed by atoms with E-state index < -0.39 is 0 Å². The van der Waals surface area contributed by atoms with E-state index in [9.17, 15) is 4.79 Å². The van der Waals surface area contributed by atoms with Crippen LogP contribution in [-0.4, -0.2) is 94.0 Å². The monoisotopic (exact) mass is 531 g/mol. The van der Waals surface area contributed by atoms with Crippen LogP contribution in [0.1, 0.15) is 5.56 Å². The Morgan fingerprint density at radius 3 is 2.05 bits per heavy atom. The number of hydrogen-bond acceptors (Lipinski definition) is 9. The number of rotatable bonds is 8. The molecule has 0 radical (unpaired) electrons. The average molecular weight is 532 g/mol. The Bertz CT molecular complexity index is 1230. The first-order valence-electron chi connectivity index (χ1n) is 13.4. The highest BCUT2D eigenvalue weighted by Crippen LogP contribution is 2.31. The molecule has 0 aliphatic carbocycles. The van der Waals surface area contributed by atoms with Gasteiger partial charge in [0.1, 0.15) is 0 Å². The van der Waals surface area contributed by atoms with Crippen molar-refractivity contribution in [3.05, 3.63) is 54.2 Å². The third-order valence-electron chi connectivity index (χ3n) is 6.78. The van der Waals surface area contributed by atoms with Crippen molar-refractivity contribution in [3.63, 3.8) is 0 Å². The predicted octanol–water partition coefficient (Wildman–Crippen LogP) is 3.37. The first-order valence-corrected chi connectivity index (χ1v) is 13.4. The molecule has 0 bridgehead atoms. The van der Waals surface area contributed by atoms with Crippen molar-refractivity contribution in [3.8, 4) is 11.3 Å². The molecule has 206 valence electrons. The number of likely N-dealkylation sites (N-methyl/N-ethyl adjacent to an activating group) is 1. The molecule has 5 rings (SSSR count). The number of hydrogen-bond donors (Lipinski definition) is 2. The van der Waals surface area contributed by atoms with Gasteiger partial charge in [-0.3, -0.25) is 4.79 Å². The van der Waals surface area contributed by atoms with Crippen LogP contribution in [0.25, 0.3) is 11.3 Å². The van der Waals surface area contributed by atoms with Crippen LogP contribution >= 0.6 is 0 Å². The number of carbonyl (C=O) groups is 1. The molecule has 2 fully saturated rings. The first-order chi connectivity index (χ1) is 18.9. The maximum Gasteiger partial charge on any atom is 0.238 e. The molecule has 10 nitrogen and oxygen atoms in total. The zero-order valence-electron chi connectivity index (χ0n) is 22.9. The molecule has 2 aliphatic rings. The Morgan fingerprint density at radius 1 is 0.897 bits per heavy atom. The molecule has 3 aromatic rings. The summed E-state index contributed by atoms with van der Waals surface area (Å²) in [5.41, 5.74) is 6.78. The Balaban J connectivity index is 1.38. The van der Waals surface area contributed by atoms with Gasteiger partial charge in [0.15, 0.2) is 0 Å². The number of aromatic nitrogens is 2. The van der Waals surface area contributed by atoms with Gasteiger partial charge >= 0.3 is 0 Å². The van der Waals surface area contributed by atoms with Crippen molar-refractivity contribution in [1.82, 2.24) is 14.9 Å². The number of amides is 1. The van der Waals surface area contributed by atoms with Gasteiger partial charge in [0, 0.05) is 60.7 Å². The summed E-state index contributed by atoms with van der Waals surface area (Å²) in [6.07, 6.45) is 1.84. The number of morpholine rings is 2. The molecule has 1 aromatic heterocycles. The number of carbonyl (C=O) groups excluding carboxylic acids is 1. The summed E-state index contributed by atoms with van der Waals surface area (Å²) >= 11 is 0. The molecule has 2 saturated heterocycles. The third-order valence-corrected chi connectivity index (χ3v) is 6.78. The molecular weight excluding hydrogens is 494 g/mol. The van der Waals surface area contributed by atoms with Gasteiger partial charge in [0.05, 0.1) is 38.7 Å². The van der Waals surface area contributed by atoms with Crippen LogP contribution in [0.15, 0.2) is 48.7 Å². The Kier molecular flexibility index (Phi) is 8.55. The normalized spacial score (nSPS) is 15.9. The van der Waals surface area contributed by atoms with Gasteiger partial charge < -0.3 is 34.8 Å². The minimum absolute atomic E-state index is 0.0480. The average Bonchev–Trinajstić information content (AvgIpc) is 2.95. The van der Waals surface area contributed by atoms with Crippen molar-refractivity contribution in [2.45, 2.75) is 6.92 Å². The molecule has 0 atom stereocenters. The highest BCUT2D eigenvalue weighted by Gasteiger charge is 2.18. The SMILES string of the molecule is Cc1cnc(Nc2cc(N3CCOCC3)cc(N3CCOCC3)c2)nc1-c1ccc(NC(=O)CN(C)C)cc1. The summed E-state index contributed by atoms with van der Waals surface area (Å²) in [6, 6.07) is 14.3. The van der Waals surface area contributed by atoms with Crippen LogP contribution in [0.4, 0.5) is 28.7 Å². The summed E-state index contributed by atoms with van der Waals surface area (Å²) in [4.78, 5) is 28.1. The largest absolute Gasteiger partial charge is 0.378 e. The van der Waals surface area contributed by atoms with Gasteiger partial charge in [-0.15, -0.1) is 0 Å². The standard InChI is InChI=1S/C29H37N7O3/c1-21-19-30-29(33-28(21)22-4-6-23(7-5-22)31-27(37)20-34(2)3)32-24-16-25(35-8-12-38-13-9-35)18-26(17-24)36-10-14-39-15-11-36/h4-7,16-19H,8-15,20H2,1-3H3,(H,31,37)(H,30,32,33). The molecule has 1 amide bonds. The summed E-state index contributed by atoms with van der Waals surface area (Å²) in [5.74, 6) is 0.485. The van der Waals surface area contributed by atoms with E-state index in [0.29, 0.717) is 12.5 Å². The van der Waals surface area contributed by atoms with Crippen LogP contribution in [0.3, 0.4) is 0 Å². The third kappa shape index (κ3) is 7.03. The molecule has 2 aromatic carbocycles. The number of nitrogens with one attached hydrogen (secondary N) is 2. The molecule has 0 spiro atoms. The highest BCUT2D eigenvalue weighted by molar-refractivity contribution is 5.92. The van der Waals surface area contributed by atoms with Crippen LogP contribution < -0.4 is 20.4 Å². The number of ether oxygens (including phenoxy) is 2. The van der Waals surface area contributed by atoms with E-state index >= 15 is 0 Å². The minimum atomic E-state index is -0.0480. The Morgan fingerprint density at radius 2 is 1.49 bits per heavy atom. The number of nitrogens with zero attached hydrogens (tertiary/aromatic N) is 5. The molecule has 39 heavy (non-hydrogen) atoms. The molecule has 3 heterocycles. The van der Waals surface area contributed by atoms with E-state index in [1.54, 1.807) is 0 Å². The lowest BCUT2D eigenvalue weighted by atomic mass is 10.1. The zero-order valence-corrected chi connectivity index (χ0v) is 22.9. The Labute approximate surface area is 229 Å².